The van der Waals surface area contributed by atoms with E-state index in [1.54, 1.807) is 11.3 Å². The fourth-order valence-electron chi connectivity index (χ4n) is 2.40. The molecule has 20 heavy (non-hydrogen) atoms. The summed E-state index contributed by atoms with van der Waals surface area (Å²) in [6.07, 6.45) is 6.11. The number of aryl methyl sites for hydroxylation is 1. The molecule has 0 saturated heterocycles. The van der Waals surface area contributed by atoms with E-state index in [0.717, 1.165) is 41.7 Å². The smallest absolute Gasteiger partial charge is 0.140 e. The van der Waals surface area contributed by atoms with Gasteiger partial charge >= 0.3 is 0 Å². The van der Waals surface area contributed by atoms with Crippen molar-refractivity contribution in [2.75, 3.05) is 0 Å². The first-order valence-electron chi connectivity index (χ1n) is 6.88. The van der Waals surface area contributed by atoms with Gasteiger partial charge in [0.15, 0.2) is 0 Å². The van der Waals surface area contributed by atoms with Gasteiger partial charge in [-0.3, -0.25) is 0 Å². The highest BCUT2D eigenvalue weighted by Crippen LogP contribution is 2.21. The van der Waals surface area contributed by atoms with E-state index in [1.165, 1.54) is 5.01 Å². The molecule has 0 spiro atoms. The van der Waals surface area contributed by atoms with Crippen molar-refractivity contribution in [3.05, 3.63) is 46.2 Å². The van der Waals surface area contributed by atoms with E-state index in [0.29, 0.717) is 6.54 Å². The van der Waals surface area contributed by atoms with Gasteiger partial charge in [-0.05, 0) is 30.5 Å². The highest BCUT2D eigenvalue weighted by atomic mass is 32.1. The maximum atomic E-state index is 5.81. The lowest BCUT2D eigenvalue weighted by Crippen LogP contribution is -2.00. The second kappa shape index (κ2) is 5.73. The van der Waals surface area contributed by atoms with E-state index in [-0.39, 0.29) is 0 Å². The van der Waals surface area contributed by atoms with Crippen LogP contribution in [-0.2, 0) is 19.5 Å². The van der Waals surface area contributed by atoms with Crippen LogP contribution in [-0.4, -0.2) is 14.5 Å². The molecule has 104 valence electrons. The number of aromatic nitrogens is 3. The highest BCUT2D eigenvalue weighted by molar-refractivity contribution is 7.09. The van der Waals surface area contributed by atoms with Crippen LogP contribution < -0.4 is 5.73 Å². The summed E-state index contributed by atoms with van der Waals surface area (Å²) in [7, 11) is 0. The Labute approximate surface area is 122 Å². The molecule has 0 atom stereocenters. The van der Waals surface area contributed by atoms with Gasteiger partial charge in [0.25, 0.3) is 0 Å². The molecule has 0 fully saturated rings. The number of pyridine rings is 1. The molecular weight excluding hydrogens is 268 g/mol. The first-order chi connectivity index (χ1) is 9.81. The lowest BCUT2D eigenvalue weighted by molar-refractivity contribution is 0.789. The van der Waals surface area contributed by atoms with E-state index in [9.17, 15) is 0 Å². The Balaban J connectivity index is 1.93. The molecule has 4 nitrogen and oxygen atoms in total. The summed E-state index contributed by atoms with van der Waals surface area (Å²) in [6, 6.07) is 4.03. The van der Waals surface area contributed by atoms with E-state index in [2.05, 4.69) is 39.1 Å². The van der Waals surface area contributed by atoms with Crippen LogP contribution in [0.2, 0.25) is 0 Å². The number of fused-ring (bicyclic) bond motifs is 1. The fraction of sp³-hybridized carbons (Fsp3) is 0.333. The Morgan fingerprint density at radius 3 is 3.10 bits per heavy atom. The zero-order valence-corrected chi connectivity index (χ0v) is 12.4. The molecule has 0 radical (unpaired) electrons. The van der Waals surface area contributed by atoms with Crippen molar-refractivity contribution in [2.45, 2.75) is 32.9 Å². The quantitative estimate of drug-likeness (QED) is 0.784. The zero-order valence-electron chi connectivity index (χ0n) is 11.5. The molecule has 0 amide bonds. The van der Waals surface area contributed by atoms with Gasteiger partial charge in [0, 0.05) is 29.7 Å². The van der Waals surface area contributed by atoms with Gasteiger partial charge in [0.05, 0.1) is 17.2 Å². The van der Waals surface area contributed by atoms with Crippen molar-refractivity contribution in [3.8, 4) is 0 Å². The van der Waals surface area contributed by atoms with E-state index >= 15 is 0 Å². The Hall–Kier alpha value is -1.72. The molecule has 0 bridgehead atoms. The van der Waals surface area contributed by atoms with Crippen molar-refractivity contribution in [1.82, 2.24) is 14.5 Å². The molecule has 3 heterocycles. The van der Waals surface area contributed by atoms with Crippen LogP contribution in [0.3, 0.4) is 0 Å². The molecule has 0 aliphatic rings. The second-order valence-corrected chi connectivity index (χ2v) is 5.79. The average molecular weight is 286 g/mol. The van der Waals surface area contributed by atoms with Crippen LogP contribution in [0, 0.1) is 0 Å². The van der Waals surface area contributed by atoms with Gasteiger partial charge in [-0.25, -0.2) is 9.97 Å². The van der Waals surface area contributed by atoms with Crippen LogP contribution in [0.25, 0.3) is 11.0 Å². The minimum atomic E-state index is 0.535. The third-order valence-corrected chi connectivity index (χ3v) is 4.29. The van der Waals surface area contributed by atoms with Gasteiger partial charge in [0.2, 0.25) is 0 Å². The van der Waals surface area contributed by atoms with E-state index in [1.807, 2.05) is 12.3 Å². The molecule has 5 heteroatoms. The molecule has 0 aromatic carbocycles. The molecule has 0 unspecified atom stereocenters. The molecule has 3 aromatic rings. The van der Waals surface area contributed by atoms with Gasteiger partial charge in [-0.1, -0.05) is 6.92 Å². The standard InChI is InChI=1S/C15H18N4S/c1-2-4-14-18-12(10-20-14)9-19-8-11(7-16)13-5-3-6-17-15(13)19/h3,5-6,8,10H,2,4,7,9,16H2,1H3. The van der Waals surface area contributed by atoms with Crippen LogP contribution in [0.15, 0.2) is 29.9 Å². The number of nitrogens with zero attached hydrogens (tertiary/aromatic N) is 3. The van der Waals surface area contributed by atoms with Gasteiger partial charge in [0.1, 0.15) is 5.65 Å². The summed E-state index contributed by atoms with van der Waals surface area (Å²) in [5.74, 6) is 0. The number of nitrogens with two attached hydrogens (primary N) is 1. The van der Waals surface area contributed by atoms with Gasteiger partial charge < -0.3 is 10.3 Å². The van der Waals surface area contributed by atoms with Crippen molar-refractivity contribution in [2.24, 2.45) is 5.73 Å². The highest BCUT2D eigenvalue weighted by Gasteiger charge is 2.10. The molecule has 0 aliphatic carbocycles. The van der Waals surface area contributed by atoms with Crippen molar-refractivity contribution in [3.63, 3.8) is 0 Å². The average Bonchev–Trinajstić information content (AvgIpc) is 3.05. The minimum Gasteiger partial charge on any atom is -0.326 e. The van der Waals surface area contributed by atoms with E-state index in [4.69, 9.17) is 5.73 Å². The molecule has 2 N–H and O–H groups in total. The van der Waals surface area contributed by atoms with Gasteiger partial charge in [-0.15, -0.1) is 11.3 Å². The summed E-state index contributed by atoms with van der Waals surface area (Å²) < 4.78 is 2.14. The normalized spacial score (nSPS) is 11.3. The van der Waals surface area contributed by atoms with Crippen molar-refractivity contribution >= 4 is 22.4 Å². The van der Waals surface area contributed by atoms with Gasteiger partial charge in [-0.2, -0.15) is 0 Å². The van der Waals surface area contributed by atoms with Crippen LogP contribution in [0.1, 0.15) is 29.6 Å². The summed E-state index contributed by atoms with van der Waals surface area (Å²) in [5, 5.41) is 4.49. The van der Waals surface area contributed by atoms with Crippen molar-refractivity contribution < 1.29 is 0 Å². The number of hydrogen-bond donors (Lipinski definition) is 1. The number of rotatable bonds is 5. The predicted octanol–water partition coefficient (Wildman–Crippen LogP) is 2.95. The third kappa shape index (κ3) is 2.46. The lowest BCUT2D eigenvalue weighted by Gasteiger charge is -2.01. The van der Waals surface area contributed by atoms with Crippen LogP contribution in [0.5, 0.6) is 0 Å². The van der Waals surface area contributed by atoms with E-state index < -0.39 is 0 Å². The summed E-state index contributed by atoms with van der Waals surface area (Å²) >= 11 is 1.74. The maximum absolute atomic E-state index is 5.81. The number of hydrogen-bond acceptors (Lipinski definition) is 4. The third-order valence-electron chi connectivity index (χ3n) is 3.33. The van der Waals surface area contributed by atoms with Crippen LogP contribution in [0.4, 0.5) is 0 Å². The molecule has 0 saturated carbocycles. The Kier molecular flexibility index (Phi) is 3.80. The topological polar surface area (TPSA) is 56.7 Å². The second-order valence-electron chi connectivity index (χ2n) is 4.84. The molecule has 0 aliphatic heterocycles. The fourth-order valence-corrected chi connectivity index (χ4v) is 3.29. The minimum absolute atomic E-state index is 0.535. The molecular formula is C15H18N4S. The summed E-state index contributed by atoms with van der Waals surface area (Å²) in [4.78, 5) is 9.15. The van der Waals surface area contributed by atoms with Crippen LogP contribution >= 0.6 is 11.3 Å². The zero-order chi connectivity index (χ0) is 13.9. The Morgan fingerprint density at radius 2 is 2.30 bits per heavy atom. The van der Waals surface area contributed by atoms with Crippen molar-refractivity contribution in [1.29, 1.82) is 0 Å². The monoisotopic (exact) mass is 286 g/mol. The first kappa shape index (κ1) is 13.3. The number of thiazole rings is 1. The Morgan fingerprint density at radius 1 is 1.40 bits per heavy atom. The predicted molar refractivity (Wildman–Crippen MR) is 82.8 cm³/mol. The molecule has 3 aromatic heterocycles. The molecule has 3 rings (SSSR count). The summed E-state index contributed by atoms with van der Waals surface area (Å²) in [6.45, 7) is 3.47. The summed E-state index contributed by atoms with van der Waals surface area (Å²) in [5.41, 5.74) is 9.03. The first-order valence-corrected chi connectivity index (χ1v) is 7.76. The lowest BCUT2D eigenvalue weighted by atomic mass is 10.2. The Bertz CT molecular complexity index is 714. The largest absolute Gasteiger partial charge is 0.326 e. The SMILES string of the molecule is CCCc1nc(Cn2cc(CN)c3cccnc32)cs1. The maximum Gasteiger partial charge on any atom is 0.140 e.